The number of para-hydroxylation sites is 6. The summed E-state index contributed by atoms with van der Waals surface area (Å²) < 4.78 is 2.45. The van der Waals surface area contributed by atoms with Crippen LogP contribution in [0.5, 0.6) is 0 Å². The second-order valence-electron chi connectivity index (χ2n) is 18.8. The summed E-state index contributed by atoms with van der Waals surface area (Å²) in [5, 5.41) is 7.93. The number of anilines is 6. The predicted octanol–water partition coefficient (Wildman–Crippen LogP) is 14.1. The van der Waals surface area contributed by atoms with Crippen molar-refractivity contribution in [2.75, 3.05) is 9.80 Å². The maximum Gasteiger partial charge on any atom is 0.184 e. The van der Waals surface area contributed by atoms with Gasteiger partial charge in [0.05, 0.1) is 27.8 Å². The van der Waals surface area contributed by atoms with E-state index in [-0.39, 0.29) is 0 Å². The monoisotopic (exact) mass is 921 g/mol. The fourth-order valence-electron chi connectivity index (χ4n) is 12.5. The molecule has 0 fully saturated rings. The molecule has 0 bridgehead atoms. The Labute approximate surface area is 415 Å². The second-order valence-corrected chi connectivity index (χ2v) is 22.5. The van der Waals surface area contributed by atoms with Crippen molar-refractivity contribution in [1.29, 1.82) is 0 Å². The summed E-state index contributed by atoms with van der Waals surface area (Å²) >= 11 is 0. The van der Waals surface area contributed by atoms with Crippen molar-refractivity contribution < 1.29 is 0 Å². The van der Waals surface area contributed by atoms with E-state index in [0.29, 0.717) is 0 Å². The fourth-order valence-corrected chi connectivity index (χ4v) is 17.6. The molecule has 71 heavy (non-hydrogen) atoms. The number of hydrogen-bond donors (Lipinski definition) is 0. The van der Waals surface area contributed by atoms with Crippen LogP contribution in [-0.2, 0) is 5.41 Å². The van der Waals surface area contributed by atoms with Crippen molar-refractivity contribution >= 4 is 84.8 Å². The summed E-state index contributed by atoms with van der Waals surface area (Å²) in [5.41, 5.74) is 14.8. The molecule has 0 N–H and O–H groups in total. The zero-order valence-electron chi connectivity index (χ0n) is 39.0. The van der Waals surface area contributed by atoms with Crippen molar-refractivity contribution in [3.63, 3.8) is 0 Å². The molecular weight excluding hydrogens is 875 g/mol. The van der Waals surface area contributed by atoms with Gasteiger partial charge in [-0.1, -0.05) is 206 Å². The Balaban J connectivity index is 1.05. The van der Waals surface area contributed by atoms with E-state index < -0.39 is 13.5 Å². The molecule has 11 aromatic carbocycles. The van der Waals surface area contributed by atoms with Crippen molar-refractivity contribution in [3.8, 4) is 5.69 Å². The zero-order valence-corrected chi connectivity index (χ0v) is 40.0. The van der Waals surface area contributed by atoms with Gasteiger partial charge in [0, 0.05) is 39.2 Å². The van der Waals surface area contributed by atoms with Gasteiger partial charge in [-0.25, -0.2) is 0 Å². The topological polar surface area (TPSA) is 11.4 Å². The highest BCUT2D eigenvalue weighted by Gasteiger charge is 2.49. The molecule has 3 nitrogen and oxygen atoms in total. The predicted molar refractivity (Wildman–Crippen MR) is 299 cm³/mol. The van der Waals surface area contributed by atoms with Gasteiger partial charge in [0.1, 0.15) is 0 Å². The molecule has 0 saturated heterocycles. The lowest BCUT2D eigenvalue weighted by Crippen LogP contribution is -2.77. The Morgan fingerprint density at radius 2 is 0.690 bits per heavy atom. The van der Waals surface area contributed by atoms with E-state index in [1.54, 1.807) is 0 Å². The Morgan fingerprint density at radius 3 is 1.24 bits per heavy atom. The van der Waals surface area contributed by atoms with Gasteiger partial charge in [0.2, 0.25) is 0 Å². The minimum Gasteiger partial charge on any atom is -0.311 e. The standard InChI is InChI=1S/C67H47N3Si/c1-6-24-48(25-7-1)67(57-34-16-18-36-61(57)69(51-28-10-3-11-29-51)62-37-19-17-35-58(62)67)49-42-44-59-55(46-49)56-47-52(43-45-60(56)68(59)50-26-8-2-9-27-50)70-63-38-20-22-40-65(63)71(53-30-12-4-13-31-53,54-32-14-5-15-33-54)66-41-23-21-39-64(66)70/h1-47H. The maximum atomic E-state index is 2.54. The Kier molecular flexibility index (Phi) is 9.45. The van der Waals surface area contributed by atoms with Crippen LogP contribution in [0.2, 0.25) is 0 Å². The lowest BCUT2D eigenvalue weighted by molar-refractivity contribution is 0.732. The largest absolute Gasteiger partial charge is 0.311 e. The Bertz CT molecular complexity index is 3810. The Morgan fingerprint density at radius 1 is 0.282 bits per heavy atom. The molecule has 2 aliphatic rings. The van der Waals surface area contributed by atoms with Crippen LogP contribution in [0.15, 0.2) is 285 Å². The van der Waals surface area contributed by atoms with E-state index in [2.05, 4.69) is 299 Å². The summed E-state index contributed by atoms with van der Waals surface area (Å²) in [5.74, 6) is 0. The van der Waals surface area contributed by atoms with Crippen LogP contribution >= 0.6 is 0 Å². The highest BCUT2D eigenvalue weighted by Crippen LogP contribution is 2.58. The van der Waals surface area contributed by atoms with E-state index in [9.17, 15) is 0 Å². The quantitative estimate of drug-likeness (QED) is 0.148. The minimum atomic E-state index is -2.79. The van der Waals surface area contributed by atoms with Gasteiger partial charge in [0.25, 0.3) is 0 Å². The average molecular weight is 922 g/mol. The van der Waals surface area contributed by atoms with Gasteiger partial charge in [-0.05, 0) is 122 Å². The number of benzene rings is 11. The first-order valence-electron chi connectivity index (χ1n) is 24.6. The fraction of sp³-hybridized carbons (Fsp3) is 0.0149. The lowest BCUT2D eigenvalue weighted by atomic mass is 9.62. The number of aromatic nitrogens is 1. The Hall–Kier alpha value is -8.96. The molecule has 0 radical (unpaired) electrons. The first kappa shape index (κ1) is 41.0. The molecule has 4 heteroatoms. The van der Waals surface area contributed by atoms with Crippen LogP contribution in [0.1, 0.15) is 22.3 Å². The van der Waals surface area contributed by atoms with Crippen LogP contribution in [-0.4, -0.2) is 12.6 Å². The number of fused-ring (bicyclic) bond motifs is 7. The second kappa shape index (κ2) is 16.3. The SMILES string of the molecule is c1ccc(N2c3ccccc3C(c3ccccc3)(c3ccc4c(c3)c3cc(N5c6ccccc6[Si](c6ccccc6)(c6ccccc6)c6ccccc65)ccc3n4-c3ccccc3)c3ccccc32)cc1. The van der Waals surface area contributed by atoms with Gasteiger partial charge >= 0.3 is 0 Å². The maximum absolute atomic E-state index is 2.79. The molecule has 0 spiro atoms. The van der Waals surface area contributed by atoms with E-state index in [1.807, 2.05) is 0 Å². The third-order valence-corrected chi connectivity index (χ3v) is 20.1. The van der Waals surface area contributed by atoms with Crippen LogP contribution < -0.4 is 30.5 Å². The summed E-state index contributed by atoms with van der Waals surface area (Å²) in [6, 6.07) is 106. The van der Waals surface area contributed by atoms with E-state index in [1.165, 1.54) is 76.5 Å². The molecule has 3 heterocycles. The third kappa shape index (κ3) is 5.95. The highest BCUT2D eigenvalue weighted by molar-refractivity contribution is 7.21. The molecule has 0 atom stereocenters. The van der Waals surface area contributed by atoms with E-state index in [0.717, 1.165) is 28.1 Å². The smallest absolute Gasteiger partial charge is 0.184 e. The first-order valence-corrected chi connectivity index (χ1v) is 26.6. The van der Waals surface area contributed by atoms with Crippen LogP contribution in [0.3, 0.4) is 0 Å². The van der Waals surface area contributed by atoms with Crippen LogP contribution in [0.25, 0.3) is 27.5 Å². The summed E-state index contributed by atoms with van der Waals surface area (Å²) in [4.78, 5) is 4.98. The normalized spacial score (nSPS) is 14.1. The lowest BCUT2D eigenvalue weighted by Gasteiger charge is -2.46. The van der Waals surface area contributed by atoms with Gasteiger partial charge in [-0.3, -0.25) is 0 Å². The molecule has 0 unspecified atom stereocenters. The molecule has 0 aliphatic carbocycles. The van der Waals surface area contributed by atoms with Gasteiger partial charge in [-0.15, -0.1) is 0 Å². The van der Waals surface area contributed by atoms with Crippen molar-refractivity contribution in [3.05, 3.63) is 307 Å². The molecule has 0 amide bonds. The summed E-state index contributed by atoms with van der Waals surface area (Å²) in [6.45, 7) is 0. The third-order valence-electron chi connectivity index (χ3n) is 15.3. The summed E-state index contributed by atoms with van der Waals surface area (Å²) in [6.07, 6.45) is 0. The zero-order chi connectivity index (χ0) is 46.9. The molecule has 334 valence electrons. The van der Waals surface area contributed by atoms with E-state index >= 15 is 0 Å². The number of hydrogen-bond acceptors (Lipinski definition) is 2. The van der Waals surface area contributed by atoms with Crippen molar-refractivity contribution in [2.24, 2.45) is 0 Å². The molecule has 12 aromatic rings. The van der Waals surface area contributed by atoms with Crippen molar-refractivity contribution in [1.82, 2.24) is 4.57 Å². The van der Waals surface area contributed by atoms with Crippen LogP contribution in [0.4, 0.5) is 34.1 Å². The highest BCUT2D eigenvalue weighted by atomic mass is 28.3. The molecule has 1 aromatic heterocycles. The molecule has 0 saturated carbocycles. The average Bonchev–Trinajstić information content (AvgIpc) is 3.78. The summed E-state index contributed by atoms with van der Waals surface area (Å²) in [7, 11) is -2.79. The van der Waals surface area contributed by atoms with E-state index in [4.69, 9.17) is 0 Å². The molecule has 2 aliphatic heterocycles. The minimum absolute atomic E-state index is 0.652. The number of rotatable bonds is 7. The van der Waals surface area contributed by atoms with Crippen LogP contribution in [0, 0.1) is 0 Å². The van der Waals surface area contributed by atoms with Crippen molar-refractivity contribution in [2.45, 2.75) is 5.41 Å². The molecule has 14 rings (SSSR count). The molecular formula is C67H47N3Si. The number of nitrogens with zero attached hydrogens (tertiary/aromatic N) is 3. The first-order chi connectivity index (χ1) is 35.3. The van der Waals surface area contributed by atoms with Gasteiger partial charge in [-0.2, -0.15) is 0 Å². The van der Waals surface area contributed by atoms with Gasteiger partial charge in [0.15, 0.2) is 8.07 Å². The van der Waals surface area contributed by atoms with Gasteiger partial charge < -0.3 is 14.4 Å².